The van der Waals surface area contributed by atoms with Crippen molar-refractivity contribution in [3.8, 4) is 0 Å². The predicted molar refractivity (Wildman–Crippen MR) is 45.6 cm³/mol. The summed E-state index contributed by atoms with van der Waals surface area (Å²) in [5.41, 5.74) is 0. The van der Waals surface area contributed by atoms with Gasteiger partial charge >= 0.3 is 0 Å². The average Bonchev–Trinajstić information content (AvgIpc) is 2.66. The molecule has 3 N–H and O–H groups in total. The predicted octanol–water partition coefficient (Wildman–Crippen LogP) is 0.0942. The van der Waals surface area contributed by atoms with Gasteiger partial charge in [0.25, 0.3) is 0 Å². The van der Waals surface area contributed by atoms with Crippen LogP contribution in [0.4, 0.5) is 0 Å². The fourth-order valence-electron chi connectivity index (χ4n) is 4.06. The Bertz CT molecular complexity index is 238. The quantitative estimate of drug-likeness (QED) is 0.468. The van der Waals surface area contributed by atoms with E-state index in [1.807, 2.05) is 0 Å². The second-order valence-corrected chi connectivity index (χ2v) is 5.06. The smallest absolute Gasteiger partial charge is 0.192 e. The van der Waals surface area contributed by atoms with Crippen molar-refractivity contribution in [2.24, 2.45) is 23.7 Å². The van der Waals surface area contributed by atoms with Crippen molar-refractivity contribution in [3.05, 3.63) is 0 Å². The van der Waals surface area contributed by atoms with Gasteiger partial charge in [0.1, 0.15) is 6.10 Å². The summed E-state index contributed by atoms with van der Waals surface area (Å²) < 4.78 is 0. The van der Waals surface area contributed by atoms with Crippen LogP contribution in [0.25, 0.3) is 0 Å². The lowest BCUT2D eigenvalue weighted by Crippen LogP contribution is -2.45. The maximum Gasteiger partial charge on any atom is 0.192 e. The average molecular weight is 184 g/mol. The van der Waals surface area contributed by atoms with Gasteiger partial charge in [-0.3, -0.25) is 0 Å². The summed E-state index contributed by atoms with van der Waals surface area (Å²) in [4.78, 5) is 0. The van der Waals surface area contributed by atoms with Crippen molar-refractivity contribution in [2.75, 3.05) is 0 Å². The van der Waals surface area contributed by atoms with Gasteiger partial charge in [-0.1, -0.05) is 0 Å². The summed E-state index contributed by atoms with van der Waals surface area (Å²) in [6, 6.07) is 0. The monoisotopic (exact) mass is 184 g/mol. The minimum Gasteiger partial charge on any atom is -0.388 e. The summed E-state index contributed by atoms with van der Waals surface area (Å²) in [5.74, 6) is -0.331. The number of rotatable bonds is 0. The molecule has 0 saturated heterocycles. The molecule has 0 heterocycles. The van der Waals surface area contributed by atoms with Gasteiger partial charge in [-0.05, 0) is 43.4 Å². The molecule has 0 radical (unpaired) electrons. The van der Waals surface area contributed by atoms with Crippen LogP contribution in [0, 0.1) is 23.7 Å². The number of hydrogen-bond acceptors (Lipinski definition) is 3. The van der Waals surface area contributed by atoms with Crippen molar-refractivity contribution in [1.29, 1.82) is 0 Å². The SMILES string of the molecule is O[C@@H]1C[C@H]2[C@H]3CC[C@@H](C3)[C@@H]2C1(O)O. The molecule has 74 valence electrons. The van der Waals surface area contributed by atoms with E-state index in [4.69, 9.17) is 0 Å². The highest BCUT2D eigenvalue weighted by Crippen LogP contribution is 2.61. The van der Waals surface area contributed by atoms with Crippen LogP contribution in [0.1, 0.15) is 25.7 Å². The molecule has 5 atom stereocenters. The lowest BCUT2D eigenvalue weighted by molar-refractivity contribution is -0.243. The Labute approximate surface area is 77.4 Å². The Morgan fingerprint density at radius 2 is 1.69 bits per heavy atom. The number of aliphatic hydroxyl groups excluding tert-OH is 1. The van der Waals surface area contributed by atoms with Crippen molar-refractivity contribution in [2.45, 2.75) is 37.6 Å². The fourth-order valence-corrected chi connectivity index (χ4v) is 4.06. The minimum absolute atomic E-state index is 0.0405. The molecular formula is C10H16O3. The molecular weight excluding hydrogens is 168 g/mol. The van der Waals surface area contributed by atoms with Gasteiger partial charge in [0.15, 0.2) is 5.79 Å². The largest absolute Gasteiger partial charge is 0.388 e. The number of fused-ring (bicyclic) bond motifs is 5. The molecule has 3 heteroatoms. The van der Waals surface area contributed by atoms with Crippen molar-refractivity contribution >= 4 is 0 Å². The molecule has 13 heavy (non-hydrogen) atoms. The molecule has 0 aromatic rings. The molecule has 0 aromatic heterocycles. The third-order valence-corrected chi connectivity index (χ3v) is 4.56. The van der Waals surface area contributed by atoms with Gasteiger partial charge < -0.3 is 15.3 Å². The Balaban J connectivity index is 1.96. The molecule has 2 bridgehead atoms. The zero-order chi connectivity index (χ0) is 9.22. The first-order valence-corrected chi connectivity index (χ1v) is 5.23. The van der Waals surface area contributed by atoms with E-state index in [-0.39, 0.29) is 5.92 Å². The molecule has 0 amide bonds. The highest BCUT2D eigenvalue weighted by atomic mass is 16.5. The van der Waals surface area contributed by atoms with E-state index >= 15 is 0 Å². The van der Waals surface area contributed by atoms with Gasteiger partial charge in [-0.25, -0.2) is 0 Å². The number of aliphatic hydroxyl groups is 3. The number of hydrogen-bond donors (Lipinski definition) is 3. The topological polar surface area (TPSA) is 60.7 Å². The molecule has 3 aliphatic rings. The van der Waals surface area contributed by atoms with Crippen LogP contribution in [0.15, 0.2) is 0 Å². The van der Waals surface area contributed by atoms with Crippen LogP contribution >= 0.6 is 0 Å². The summed E-state index contributed by atoms with van der Waals surface area (Å²) in [5, 5.41) is 29.0. The minimum atomic E-state index is -1.79. The molecule has 3 aliphatic carbocycles. The first-order valence-electron chi connectivity index (χ1n) is 5.23. The lowest BCUT2D eigenvalue weighted by atomic mass is 9.80. The fraction of sp³-hybridized carbons (Fsp3) is 1.00. The zero-order valence-corrected chi connectivity index (χ0v) is 7.56. The van der Waals surface area contributed by atoms with E-state index in [0.717, 1.165) is 12.8 Å². The van der Waals surface area contributed by atoms with Crippen LogP contribution in [-0.4, -0.2) is 27.2 Å². The van der Waals surface area contributed by atoms with E-state index in [9.17, 15) is 15.3 Å². The van der Waals surface area contributed by atoms with Crippen LogP contribution in [0.2, 0.25) is 0 Å². The van der Waals surface area contributed by atoms with Crippen LogP contribution < -0.4 is 0 Å². The van der Waals surface area contributed by atoms with Crippen LogP contribution in [0.5, 0.6) is 0 Å². The molecule has 0 unspecified atom stereocenters. The van der Waals surface area contributed by atoms with Crippen molar-refractivity contribution in [3.63, 3.8) is 0 Å². The highest BCUT2D eigenvalue weighted by molar-refractivity contribution is 5.08. The summed E-state index contributed by atoms with van der Waals surface area (Å²) in [6.07, 6.45) is 3.20. The second-order valence-electron chi connectivity index (χ2n) is 5.06. The highest BCUT2D eigenvalue weighted by Gasteiger charge is 2.63. The van der Waals surface area contributed by atoms with E-state index < -0.39 is 11.9 Å². The zero-order valence-electron chi connectivity index (χ0n) is 7.56. The first-order chi connectivity index (χ1) is 6.10. The van der Waals surface area contributed by atoms with Crippen molar-refractivity contribution < 1.29 is 15.3 Å². The Morgan fingerprint density at radius 1 is 1.00 bits per heavy atom. The maximum atomic E-state index is 9.76. The Kier molecular flexibility index (Phi) is 1.43. The first kappa shape index (κ1) is 8.21. The maximum absolute atomic E-state index is 9.76. The Morgan fingerprint density at radius 3 is 2.38 bits per heavy atom. The van der Waals surface area contributed by atoms with E-state index in [0.29, 0.717) is 24.2 Å². The molecule has 0 spiro atoms. The summed E-state index contributed by atoms with van der Waals surface area (Å²) in [7, 11) is 0. The standard InChI is InChI=1S/C10H16O3/c11-8-4-7-5-1-2-6(3-5)9(7)10(8,12)13/h5-9,11-13H,1-4H2/t5-,6-,7-,8+,9-/m0/s1. The summed E-state index contributed by atoms with van der Waals surface area (Å²) >= 11 is 0. The van der Waals surface area contributed by atoms with E-state index in [1.54, 1.807) is 0 Å². The van der Waals surface area contributed by atoms with Gasteiger partial charge in [0, 0.05) is 5.92 Å². The third-order valence-electron chi connectivity index (χ3n) is 4.56. The molecule has 0 aromatic carbocycles. The van der Waals surface area contributed by atoms with Gasteiger partial charge in [0.05, 0.1) is 0 Å². The van der Waals surface area contributed by atoms with Crippen LogP contribution in [0.3, 0.4) is 0 Å². The molecule has 3 rings (SSSR count). The Hall–Kier alpha value is -0.120. The van der Waals surface area contributed by atoms with Crippen LogP contribution in [-0.2, 0) is 0 Å². The van der Waals surface area contributed by atoms with Gasteiger partial charge in [0.2, 0.25) is 0 Å². The summed E-state index contributed by atoms with van der Waals surface area (Å²) in [6.45, 7) is 0. The third kappa shape index (κ3) is 0.853. The molecule has 3 saturated carbocycles. The van der Waals surface area contributed by atoms with Crippen molar-refractivity contribution in [1.82, 2.24) is 0 Å². The van der Waals surface area contributed by atoms with Gasteiger partial charge in [-0.15, -0.1) is 0 Å². The van der Waals surface area contributed by atoms with E-state index in [2.05, 4.69) is 0 Å². The lowest BCUT2D eigenvalue weighted by Gasteiger charge is -2.32. The second kappa shape index (κ2) is 2.27. The molecule has 0 aliphatic heterocycles. The van der Waals surface area contributed by atoms with Gasteiger partial charge in [-0.2, -0.15) is 0 Å². The molecule has 3 nitrogen and oxygen atoms in total. The normalized spacial score (nSPS) is 57.0. The molecule has 3 fully saturated rings. The van der Waals surface area contributed by atoms with E-state index in [1.165, 1.54) is 6.42 Å².